The number of benzene rings is 1. The third-order valence-electron chi connectivity index (χ3n) is 5.82. The van der Waals surface area contributed by atoms with Gasteiger partial charge in [0.25, 0.3) is 0 Å². The molecular formula is C17H17NO4. The molecule has 3 saturated carbocycles. The Morgan fingerprint density at radius 3 is 2.32 bits per heavy atom. The van der Waals surface area contributed by atoms with E-state index in [0.29, 0.717) is 18.5 Å². The topological polar surface area (TPSA) is 74.7 Å². The molecule has 0 radical (unpaired) electrons. The number of fused-ring (bicyclic) bond motifs is 2. The Kier molecular flexibility index (Phi) is 2.71. The molecule has 1 aliphatic heterocycles. The lowest BCUT2D eigenvalue weighted by Crippen LogP contribution is -2.53. The number of nitrogens with zero attached hydrogens (tertiary/aromatic N) is 1. The summed E-state index contributed by atoms with van der Waals surface area (Å²) in [4.78, 5) is 38.8. The fraction of sp³-hybridized carbons (Fsp3) is 0.471. The molecule has 1 aromatic rings. The highest BCUT2D eigenvalue weighted by Gasteiger charge is 2.67. The van der Waals surface area contributed by atoms with Crippen LogP contribution in [0.1, 0.15) is 25.7 Å². The summed E-state index contributed by atoms with van der Waals surface area (Å²) < 4.78 is 0. The molecule has 2 bridgehead atoms. The second kappa shape index (κ2) is 4.41. The van der Waals surface area contributed by atoms with E-state index >= 15 is 0 Å². The van der Waals surface area contributed by atoms with Gasteiger partial charge in [-0.1, -0.05) is 18.2 Å². The smallest absolute Gasteiger partial charge is 0.310 e. The third-order valence-corrected chi connectivity index (χ3v) is 5.82. The maximum absolute atomic E-state index is 12.9. The second-order valence-electron chi connectivity index (χ2n) is 6.65. The first-order chi connectivity index (χ1) is 10.6. The molecule has 1 heterocycles. The summed E-state index contributed by atoms with van der Waals surface area (Å²) in [5, 5.41) is 9.74. The zero-order chi connectivity index (χ0) is 15.5. The van der Waals surface area contributed by atoms with E-state index in [2.05, 4.69) is 0 Å². The summed E-state index contributed by atoms with van der Waals surface area (Å²) in [6.45, 7) is 0. The van der Waals surface area contributed by atoms with Gasteiger partial charge in [-0.25, -0.2) is 0 Å². The Hall–Kier alpha value is -2.17. The number of aliphatic carboxylic acids is 1. The van der Waals surface area contributed by atoms with Crippen LogP contribution >= 0.6 is 0 Å². The van der Waals surface area contributed by atoms with Crippen molar-refractivity contribution in [1.29, 1.82) is 0 Å². The Morgan fingerprint density at radius 1 is 1.09 bits per heavy atom. The molecule has 4 aliphatic rings. The van der Waals surface area contributed by atoms with Crippen LogP contribution in [0.5, 0.6) is 0 Å². The summed E-state index contributed by atoms with van der Waals surface area (Å²) in [5.41, 5.74) is -0.498. The minimum atomic E-state index is -1.05. The van der Waals surface area contributed by atoms with E-state index in [-0.39, 0.29) is 17.7 Å². The average molecular weight is 299 g/mol. The van der Waals surface area contributed by atoms with Crippen molar-refractivity contribution in [3.05, 3.63) is 30.3 Å². The largest absolute Gasteiger partial charge is 0.481 e. The Morgan fingerprint density at radius 2 is 1.73 bits per heavy atom. The van der Waals surface area contributed by atoms with Gasteiger partial charge in [0.05, 0.1) is 22.9 Å². The number of carbonyl (C=O) groups is 3. The third kappa shape index (κ3) is 1.51. The second-order valence-corrected chi connectivity index (χ2v) is 6.65. The number of carbonyl (C=O) groups excluding carboxylic acids is 2. The van der Waals surface area contributed by atoms with Crippen LogP contribution in [0.2, 0.25) is 0 Å². The monoisotopic (exact) mass is 299 g/mol. The normalized spacial score (nSPS) is 36.5. The van der Waals surface area contributed by atoms with Gasteiger partial charge in [-0.3, -0.25) is 19.3 Å². The van der Waals surface area contributed by atoms with Crippen LogP contribution in [0.15, 0.2) is 30.3 Å². The molecule has 2 unspecified atom stereocenters. The summed E-state index contributed by atoms with van der Waals surface area (Å²) >= 11 is 0. The van der Waals surface area contributed by atoms with Gasteiger partial charge in [-0.05, 0) is 43.7 Å². The number of carboxylic acid groups (broad SMARTS) is 1. The van der Waals surface area contributed by atoms with Gasteiger partial charge in [-0.2, -0.15) is 0 Å². The van der Waals surface area contributed by atoms with Crippen molar-refractivity contribution < 1.29 is 19.5 Å². The van der Waals surface area contributed by atoms with Crippen LogP contribution in [0, 0.1) is 23.2 Å². The summed E-state index contributed by atoms with van der Waals surface area (Å²) in [6.07, 6.45) is 2.48. The Bertz CT molecular complexity index is 660. The maximum atomic E-state index is 12.9. The first-order valence-electron chi connectivity index (χ1n) is 7.72. The minimum Gasteiger partial charge on any atom is -0.481 e. The lowest BCUT2D eigenvalue weighted by Gasteiger charge is -2.49. The van der Waals surface area contributed by atoms with E-state index < -0.39 is 23.2 Å². The van der Waals surface area contributed by atoms with Gasteiger partial charge in [0.2, 0.25) is 11.8 Å². The zero-order valence-corrected chi connectivity index (χ0v) is 12.1. The number of hydrogen-bond donors (Lipinski definition) is 1. The summed E-state index contributed by atoms with van der Waals surface area (Å²) in [7, 11) is 0. The van der Waals surface area contributed by atoms with Crippen molar-refractivity contribution in [3.63, 3.8) is 0 Å². The van der Waals surface area contributed by atoms with Gasteiger partial charge in [-0.15, -0.1) is 0 Å². The Labute approximate surface area is 127 Å². The highest BCUT2D eigenvalue weighted by molar-refractivity contribution is 6.23. The van der Waals surface area contributed by atoms with E-state index in [4.69, 9.17) is 0 Å². The fourth-order valence-corrected chi connectivity index (χ4v) is 4.75. The van der Waals surface area contributed by atoms with Crippen LogP contribution in [-0.4, -0.2) is 22.9 Å². The highest BCUT2D eigenvalue weighted by atomic mass is 16.4. The average Bonchev–Trinajstić information content (AvgIpc) is 2.83. The predicted octanol–water partition coefficient (Wildman–Crippen LogP) is 2.07. The van der Waals surface area contributed by atoms with Crippen molar-refractivity contribution in [2.24, 2.45) is 23.2 Å². The predicted molar refractivity (Wildman–Crippen MR) is 77.9 cm³/mol. The van der Waals surface area contributed by atoms with E-state index in [9.17, 15) is 19.5 Å². The number of anilines is 1. The van der Waals surface area contributed by atoms with Crippen molar-refractivity contribution in [1.82, 2.24) is 0 Å². The molecule has 4 fully saturated rings. The number of hydrogen-bond acceptors (Lipinski definition) is 3. The quantitative estimate of drug-likeness (QED) is 0.848. The van der Waals surface area contributed by atoms with E-state index in [1.807, 2.05) is 6.07 Å². The molecule has 0 aromatic heterocycles. The number of amides is 2. The van der Waals surface area contributed by atoms with Gasteiger partial charge in [0.1, 0.15) is 0 Å². The van der Waals surface area contributed by atoms with Crippen LogP contribution in [0.4, 0.5) is 5.69 Å². The first-order valence-corrected chi connectivity index (χ1v) is 7.72. The van der Waals surface area contributed by atoms with E-state index in [1.54, 1.807) is 24.3 Å². The molecule has 0 spiro atoms. The molecule has 114 valence electrons. The lowest BCUT2D eigenvalue weighted by molar-refractivity contribution is -0.169. The zero-order valence-electron chi connectivity index (χ0n) is 12.1. The fourth-order valence-electron chi connectivity index (χ4n) is 4.75. The number of para-hydroxylation sites is 1. The van der Waals surface area contributed by atoms with Crippen LogP contribution in [0.25, 0.3) is 0 Å². The molecule has 5 heteroatoms. The number of imide groups is 1. The Balaban J connectivity index is 1.82. The molecule has 5 rings (SSSR count). The molecule has 1 N–H and O–H groups in total. The summed E-state index contributed by atoms with van der Waals surface area (Å²) in [6, 6.07) is 8.83. The lowest BCUT2D eigenvalue weighted by atomic mass is 9.51. The molecular weight excluding hydrogens is 282 g/mol. The molecule has 2 amide bonds. The first kappa shape index (κ1) is 13.5. The van der Waals surface area contributed by atoms with Gasteiger partial charge in [0, 0.05) is 0 Å². The maximum Gasteiger partial charge on any atom is 0.310 e. The molecule has 1 aromatic carbocycles. The van der Waals surface area contributed by atoms with Crippen molar-refractivity contribution in [2.45, 2.75) is 25.7 Å². The standard InChI is InChI=1S/C17H17NO4/c19-14-12-10-6-8-17(9-7-10,16(21)22)13(12)15(20)18(14)11-4-2-1-3-5-11/h1-5,10,12-13H,6-9H2,(H,21,22). The summed E-state index contributed by atoms with van der Waals surface area (Å²) in [5.74, 6) is -2.45. The van der Waals surface area contributed by atoms with Crippen molar-refractivity contribution in [3.8, 4) is 0 Å². The molecule has 22 heavy (non-hydrogen) atoms. The van der Waals surface area contributed by atoms with E-state index in [0.717, 1.165) is 12.8 Å². The van der Waals surface area contributed by atoms with E-state index in [1.165, 1.54) is 4.90 Å². The van der Waals surface area contributed by atoms with Crippen molar-refractivity contribution in [2.75, 3.05) is 4.90 Å². The molecule has 1 saturated heterocycles. The van der Waals surface area contributed by atoms with Gasteiger partial charge in [0.15, 0.2) is 0 Å². The number of rotatable bonds is 2. The molecule has 3 aliphatic carbocycles. The SMILES string of the molecule is O=C1C2C3CCC(C(=O)O)(CC3)C2C(=O)N1c1ccccc1. The van der Waals surface area contributed by atoms with Crippen molar-refractivity contribution >= 4 is 23.5 Å². The minimum absolute atomic E-state index is 0.149. The highest BCUT2D eigenvalue weighted by Crippen LogP contribution is 2.60. The molecule has 2 atom stereocenters. The van der Waals surface area contributed by atoms with Gasteiger partial charge >= 0.3 is 5.97 Å². The van der Waals surface area contributed by atoms with Crippen LogP contribution in [-0.2, 0) is 14.4 Å². The van der Waals surface area contributed by atoms with Crippen LogP contribution in [0.3, 0.4) is 0 Å². The number of carboxylic acids is 1. The van der Waals surface area contributed by atoms with Crippen LogP contribution < -0.4 is 4.90 Å². The van der Waals surface area contributed by atoms with Gasteiger partial charge < -0.3 is 5.11 Å². The molecule has 5 nitrogen and oxygen atoms in total.